The predicted molar refractivity (Wildman–Crippen MR) is 41.0 cm³/mol. The maximum absolute atomic E-state index is 10.6. The van der Waals surface area contributed by atoms with Gasteiger partial charge in [-0.2, -0.15) is 0 Å². The van der Waals surface area contributed by atoms with E-state index in [1.807, 2.05) is 14.1 Å². The summed E-state index contributed by atoms with van der Waals surface area (Å²) in [7, 11) is 3.66. The lowest BCUT2D eigenvalue weighted by molar-refractivity contribution is -0.895. The second-order valence-corrected chi connectivity index (χ2v) is 3.70. The van der Waals surface area contributed by atoms with Crippen LogP contribution >= 0.6 is 0 Å². The molecule has 0 saturated carbocycles. The summed E-state index contributed by atoms with van der Waals surface area (Å²) in [4.78, 5) is 10.6. The number of nitrogens with zero attached hydrogens (tertiary/aromatic N) is 1. The molecule has 12 heavy (non-hydrogen) atoms. The average molecular weight is 177 g/mol. The van der Waals surface area contributed by atoms with Crippen LogP contribution in [-0.4, -0.2) is 58.9 Å². The number of aliphatic carboxylic acids is 1. The van der Waals surface area contributed by atoms with E-state index in [4.69, 9.17) is 5.11 Å². The lowest BCUT2D eigenvalue weighted by Gasteiger charge is -2.28. The van der Waals surface area contributed by atoms with Crippen LogP contribution in [0, 0.1) is 0 Å². The third-order valence-electron chi connectivity index (χ3n) is 2.31. The van der Waals surface area contributed by atoms with Crippen LogP contribution in [0.2, 0.25) is 0 Å². The second kappa shape index (κ2) is 3.38. The molecule has 3 N–H and O–H groups in total. The van der Waals surface area contributed by atoms with Crippen LogP contribution in [0.1, 0.15) is 6.42 Å². The number of rotatable bonds is 1. The smallest absolute Gasteiger partial charge is 0.362 e. The number of hydrogen-bond acceptors (Lipinski definition) is 3. The van der Waals surface area contributed by atoms with E-state index in [2.05, 4.69) is 0 Å². The highest BCUT2D eigenvalue weighted by Crippen LogP contribution is 2.22. The molecule has 0 amide bonds. The molecule has 0 spiro atoms. The Balaban J connectivity index is 0.00000121. The first-order chi connectivity index (χ1) is 4.93. The van der Waals surface area contributed by atoms with E-state index >= 15 is 0 Å². The summed E-state index contributed by atoms with van der Waals surface area (Å²) < 4.78 is 0.385. The van der Waals surface area contributed by atoms with Crippen LogP contribution in [0.15, 0.2) is 0 Å². The summed E-state index contributed by atoms with van der Waals surface area (Å²) in [5, 5.41) is 17.9. The molecule has 1 aliphatic rings. The van der Waals surface area contributed by atoms with E-state index in [0.717, 1.165) is 0 Å². The zero-order valence-corrected chi connectivity index (χ0v) is 7.27. The number of likely N-dealkylation sites (N-methyl/N-ethyl adjacent to an activating group) is 1. The summed E-state index contributed by atoms with van der Waals surface area (Å²) in [5.41, 5.74) is 0. The van der Waals surface area contributed by atoms with E-state index in [1.165, 1.54) is 0 Å². The van der Waals surface area contributed by atoms with Crippen molar-refractivity contribution in [1.82, 2.24) is 0 Å². The maximum Gasteiger partial charge on any atom is 0.362 e. The first-order valence-corrected chi connectivity index (χ1v) is 3.67. The van der Waals surface area contributed by atoms with E-state index in [1.54, 1.807) is 0 Å². The third kappa shape index (κ3) is 1.94. The standard InChI is InChI=1S/C7H13NO3.H2O/c1-8(2)4-5(9)3-6(8)7(10)11;/h5-6,9H,3-4H2,1-2H3;1H2/t5-,6+;/m1./s1. The zero-order chi connectivity index (χ0) is 8.65. The molecular weight excluding hydrogens is 162 g/mol. The SMILES string of the molecule is C[N+]1(C)C[C@H](O)C[C@H]1C(=O)O.[OH-]. The van der Waals surface area contributed by atoms with Gasteiger partial charge in [-0.3, -0.25) is 0 Å². The van der Waals surface area contributed by atoms with Crippen LogP contribution in [0.25, 0.3) is 0 Å². The Bertz CT molecular complexity index is 180. The minimum atomic E-state index is -0.813. The van der Waals surface area contributed by atoms with Crippen molar-refractivity contribution in [1.29, 1.82) is 0 Å². The lowest BCUT2D eigenvalue weighted by atomic mass is 10.2. The Hall–Kier alpha value is -0.650. The Labute approximate surface area is 71.1 Å². The summed E-state index contributed by atoms with van der Waals surface area (Å²) >= 11 is 0. The number of hydrogen-bond donors (Lipinski definition) is 2. The monoisotopic (exact) mass is 177 g/mol. The quantitative estimate of drug-likeness (QED) is 0.508. The fourth-order valence-electron chi connectivity index (χ4n) is 1.69. The van der Waals surface area contributed by atoms with E-state index in [0.29, 0.717) is 17.4 Å². The van der Waals surface area contributed by atoms with E-state index in [-0.39, 0.29) is 5.48 Å². The molecule has 0 aromatic heterocycles. The number of aliphatic hydroxyl groups is 1. The van der Waals surface area contributed by atoms with Crippen molar-refractivity contribution in [3.8, 4) is 0 Å². The van der Waals surface area contributed by atoms with Crippen LogP contribution in [-0.2, 0) is 4.79 Å². The molecule has 1 aliphatic heterocycles. The number of carboxylic acids is 1. The van der Waals surface area contributed by atoms with Gasteiger partial charge in [-0.15, -0.1) is 0 Å². The minimum Gasteiger partial charge on any atom is -0.870 e. The Morgan fingerprint density at radius 3 is 2.17 bits per heavy atom. The highest BCUT2D eigenvalue weighted by atomic mass is 16.4. The molecule has 0 unspecified atom stereocenters. The molecule has 0 aromatic rings. The zero-order valence-electron chi connectivity index (χ0n) is 7.27. The van der Waals surface area contributed by atoms with Crippen LogP contribution < -0.4 is 0 Å². The third-order valence-corrected chi connectivity index (χ3v) is 2.31. The van der Waals surface area contributed by atoms with Gasteiger partial charge in [0.15, 0.2) is 6.04 Å². The molecule has 0 aliphatic carbocycles. The molecule has 5 heteroatoms. The largest absolute Gasteiger partial charge is 0.870 e. The number of carbonyl (C=O) groups is 1. The van der Waals surface area contributed by atoms with Gasteiger partial charge in [0, 0.05) is 6.42 Å². The molecule has 1 fully saturated rings. The second-order valence-electron chi connectivity index (χ2n) is 3.70. The number of quaternary nitrogens is 1. The molecule has 1 rings (SSSR count). The van der Waals surface area contributed by atoms with Gasteiger partial charge in [0.25, 0.3) is 0 Å². The van der Waals surface area contributed by atoms with Gasteiger partial charge >= 0.3 is 5.97 Å². The van der Waals surface area contributed by atoms with E-state index < -0.39 is 18.1 Å². The minimum absolute atomic E-state index is 0. The molecule has 1 saturated heterocycles. The topological polar surface area (TPSA) is 87.5 Å². The molecule has 0 radical (unpaired) electrons. The first kappa shape index (κ1) is 11.4. The number of likely N-dealkylation sites (tertiary alicyclic amines) is 1. The Morgan fingerprint density at radius 1 is 1.50 bits per heavy atom. The van der Waals surface area contributed by atoms with E-state index in [9.17, 15) is 9.90 Å². The van der Waals surface area contributed by atoms with Crippen LogP contribution in [0.4, 0.5) is 0 Å². The van der Waals surface area contributed by atoms with Crippen molar-refractivity contribution in [2.45, 2.75) is 18.6 Å². The van der Waals surface area contributed by atoms with Gasteiger partial charge in [-0.1, -0.05) is 0 Å². The van der Waals surface area contributed by atoms with Gasteiger partial charge in [-0.25, -0.2) is 4.79 Å². The molecule has 2 atom stereocenters. The van der Waals surface area contributed by atoms with Gasteiger partial charge < -0.3 is 20.2 Å². The first-order valence-electron chi connectivity index (χ1n) is 3.67. The summed E-state index contributed by atoms with van der Waals surface area (Å²) in [5.74, 6) is -0.813. The van der Waals surface area contributed by atoms with Crippen molar-refractivity contribution in [2.75, 3.05) is 20.6 Å². The normalized spacial score (nSPS) is 32.6. The molecule has 0 aromatic carbocycles. The van der Waals surface area contributed by atoms with Crippen molar-refractivity contribution in [3.05, 3.63) is 0 Å². The summed E-state index contributed by atoms with van der Waals surface area (Å²) in [6, 6.07) is -0.440. The number of aliphatic hydroxyl groups excluding tert-OH is 1. The maximum atomic E-state index is 10.6. The fraction of sp³-hybridized carbons (Fsp3) is 0.857. The lowest BCUT2D eigenvalue weighted by Crippen LogP contribution is -2.48. The van der Waals surface area contributed by atoms with Crippen LogP contribution in [0.3, 0.4) is 0 Å². The summed E-state index contributed by atoms with van der Waals surface area (Å²) in [6.07, 6.45) is -0.0754. The summed E-state index contributed by atoms with van der Waals surface area (Å²) in [6.45, 7) is 0.539. The van der Waals surface area contributed by atoms with Gasteiger partial charge in [0.05, 0.1) is 14.1 Å². The van der Waals surface area contributed by atoms with Gasteiger partial charge in [-0.05, 0) is 0 Å². The number of carboxylic acid groups (broad SMARTS) is 1. The Morgan fingerprint density at radius 2 is 2.00 bits per heavy atom. The molecule has 5 nitrogen and oxygen atoms in total. The highest BCUT2D eigenvalue weighted by molar-refractivity contribution is 5.72. The molecule has 0 bridgehead atoms. The van der Waals surface area contributed by atoms with Crippen LogP contribution in [0.5, 0.6) is 0 Å². The molecule has 1 heterocycles. The predicted octanol–water partition coefficient (Wildman–Crippen LogP) is -0.896. The molecular formula is C7H15NO4. The van der Waals surface area contributed by atoms with Crippen molar-refractivity contribution in [2.24, 2.45) is 0 Å². The Kier molecular flexibility index (Phi) is 3.20. The van der Waals surface area contributed by atoms with Crippen molar-refractivity contribution >= 4 is 5.97 Å². The van der Waals surface area contributed by atoms with Gasteiger partial charge in [0.2, 0.25) is 0 Å². The fourth-order valence-corrected chi connectivity index (χ4v) is 1.69. The van der Waals surface area contributed by atoms with Crippen molar-refractivity contribution < 1.29 is 25.0 Å². The highest BCUT2D eigenvalue weighted by Gasteiger charge is 2.44. The average Bonchev–Trinajstić information content (AvgIpc) is 2.04. The van der Waals surface area contributed by atoms with Gasteiger partial charge in [0.1, 0.15) is 12.6 Å². The molecule has 72 valence electrons. The van der Waals surface area contributed by atoms with Crippen molar-refractivity contribution in [3.63, 3.8) is 0 Å².